The van der Waals surface area contributed by atoms with Gasteiger partial charge in [-0.25, -0.2) is 8.42 Å². The molecule has 1 fully saturated rings. The van der Waals surface area contributed by atoms with Crippen molar-refractivity contribution in [2.24, 2.45) is 5.92 Å². The second-order valence-corrected chi connectivity index (χ2v) is 8.07. The van der Waals surface area contributed by atoms with E-state index in [4.69, 9.17) is 5.11 Å². The summed E-state index contributed by atoms with van der Waals surface area (Å²) in [6, 6.07) is 1.54. The molecule has 0 unspecified atom stereocenters. The summed E-state index contributed by atoms with van der Waals surface area (Å²) < 4.78 is 27.0. The van der Waals surface area contributed by atoms with Gasteiger partial charge in [-0.1, -0.05) is 0 Å². The molecular weight excluding hydrogens is 270 g/mol. The molecule has 1 aliphatic carbocycles. The summed E-state index contributed by atoms with van der Waals surface area (Å²) in [7, 11) is -3.40. The van der Waals surface area contributed by atoms with Gasteiger partial charge in [-0.2, -0.15) is 4.31 Å². The molecule has 0 amide bonds. The highest BCUT2D eigenvalue weighted by Gasteiger charge is 2.34. The number of aliphatic hydroxyl groups is 1. The first kappa shape index (κ1) is 14.0. The van der Waals surface area contributed by atoms with Crippen LogP contribution in [0.4, 0.5) is 0 Å². The van der Waals surface area contributed by atoms with Gasteiger partial charge in [-0.15, -0.1) is 11.3 Å². The van der Waals surface area contributed by atoms with Crippen molar-refractivity contribution in [2.45, 2.75) is 43.5 Å². The van der Waals surface area contributed by atoms with E-state index in [1.54, 1.807) is 15.8 Å². The average molecular weight is 289 g/mol. The van der Waals surface area contributed by atoms with Gasteiger partial charge in [0, 0.05) is 12.6 Å². The van der Waals surface area contributed by atoms with Crippen molar-refractivity contribution in [3.63, 3.8) is 0 Å². The maximum absolute atomic E-state index is 12.5. The number of hydrogen-bond acceptors (Lipinski definition) is 4. The van der Waals surface area contributed by atoms with Crippen molar-refractivity contribution in [1.29, 1.82) is 0 Å². The van der Waals surface area contributed by atoms with E-state index < -0.39 is 10.0 Å². The summed E-state index contributed by atoms with van der Waals surface area (Å²) in [6.45, 7) is 4.31. The molecule has 0 atom stereocenters. The van der Waals surface area contributed by atoms with Gasteiger partial charge in [0.1, 0.15) is 4.21 Å². The third kappa shape index (κ3) is 2.93. The van der Waals surface area contributed by atoms with E-state index in [2.05, 4.69) is 0 Å². The first-order chi connectivity index (χ1) is 8.45. The molecule has 1 heterocycles. The standard InChI is InChI=1S/C12H19NO3S2/c1-9(2)13(6-10-3-4-10)18(15,16)12-5-11(7-14)8-17-12/h5,8-10,14H,3-4,6-7H2,1-2H3. The lowest BCUT2D eigenvalue weighted by molar-refractivity contribution is 0.282. The van der Waals surface area contributed by atoms with Crippen LogP contribution in [0.1, 0.15) is 32.3 Å². The molecule has 0 aliphatic heterocycles. The van der Waals surface area contributed by atoms with Gasteiger partial charge in [0.15, 0.2) is 0 Å². The van der Waals surface area contributed by atoms with Crippen LogP contribution in [0.25, 0.3) is 0 Å². The van der Waals surface area contributed by atoms with Gasteiger partial charge in [0.05, 0.1) is 6.61 Å². The molecule has 2 rings (SSSR count). The third-order valence-corrected chi connectivity index (χ3v) is 6.59. The fourth-order valence-corrected chi connectivity index (χ4v) is 4.87. The van der Waals surface area contributed by atoms with Crippen LogP contribution in [-0.2, 0) is 16.6 Å². The molecule has 1 saturated carbocycles. The number of hydrogen-bond donors (Lipinski definition) is 1. The van der Waals surface area contributed by atoms with Crippen LogP contribution in [0, 0.1) is 5.92 Å². The smallest absolute Gasteiger partial charge is 0.252 e. The second kappa shape index (κ2) is 5.28. The van der Waals surface area contributed by atoms with Crippen molar-refractivity contribution in [3.8, 4) is 0 Å². The Bertz CT molecular complexity index is 503. The minimum Gasteiger partial charge on any atom is -0.392 e. The van der Waals surface area contributed by atoms with Crippen molar-refractivity contribution >= 4 is 21.4 Å². The Balaban J connectivity index is 2.25. The number of sulfonamides is 1. The van der Waals surface area contributed by atoms with E-state index in [9.17, 15) is 8.42 Å². The maximum Gasteiger partial charge on any atom is 0.252 e. The topological polar surface area (TPSA) is 57.6 Å². The highest BCUT2D eigenvalue weighted by atomic mass is 32.2. The zero-order chi connectivity index (χ0) is 13.3. The number of aliphatic hydroxyl groups excluding tert-OH is 1. The Morgan fingerprint density at radius 2 is 2.17 bits per heavy atom. The molecule has 1 N–H and O–H groups in total. The molecular formula is C12H19NO3S2. The second-order valence-electron chi connectivity index (χ2n) is 5.04. The van der Waals surface area contributed by atoms with E-state index in [-0.39, 0.29) is 12.6 Å². The molecule has 18 heavy (non-hydrogen) atoms. The average Bonchev–Trinajstić information content (AvgIpc) is 2.99. The molecule has 0 aromatic carbocycles. The summed E-state index contributed by atoms with van der Waals surface area (Å²) >= 11 is 1.18. The molecule has 0 radical (unpaired) electrons. The molecule has 102 valence electrons. The van der Waals surface area contributed by atoms with Crippen LogP contribution in [0.3, 0.4) is 0 Å². The summed E-state index contributed by atoms with van der Waals surface area (Å²) in [4.78, 5) is 0. The molecule has 1 aromatic rings. The largest absolute Gasteiger partial charge is 0.392 e. The minimum absolute atomic E-state index is 0.0322. The highest BCUT2D eigenvalue weighted by Crippen LogP contribution is 2.33. The SMILES string of the molecule is CC(C)N(CC1CC1)S(=O)(=O)c1cc(CO)cs1. The Morgan fingerprint density at radius 3 is 2.61 bits per heavy atom. The zero-order valence-corrected chi connectivity index (χ0v) is 12.3. The van der Waals surface area contributed by atoms with Crippen LogP contribution < -0.4 is 0 Å². The Hall–Kier alpha value is -0.430. The van der Waals surface area contributed by atoms with Gasteiger partial charge in [-0.3, -0.25) is 0 Å². The zero-order valence-electron chi connectivity index (χ0n) is 10.7. The Morgan fingerprint density at radius 1 is 1.50 bits per heavy atom. The van der Waals surface area contributed by atoms with Crippen LogP contribution in [0.15, 0.2) is 15.7 Å². The molecule has 4 nitrogen and oxygen atoms in total. The van der Waals surface area contributed by atoms with Gasteiger partial charge >= 0.3 is 0 Å². The van der Waals surface area contributed by atoms with Crippen LogP contribution in [0.2, 0.25) is 0 Å². The van der Waals surface area contributed by atoms with Gasteiger partial charge in [-0.05, 0) is 49.6 Å². The van der Waals surface area contributed by atoms with E-state index >= 15 is 0 Å². The fourth-order valence-electron chi connectivity index (χ4n) is 1.83. The number of rotatable bonds is 6. The van der Waals surface area contributed by atoms with E-state index in [1.807, 2.05) is 13.8 Å². The lowest BCUT2D eigenvalue weighted by Gasteiger charge is -2.25. The predicted molar refractivity (Wildman–Crippen MR) is 72.0 cm³/mol. The summed E-state index contributed by atoms with van der Waals surface area (Å²) in [5, 5.41) is 10.7. The summed E-state index contributed by atoms with van der Waals surface area (Å²) in [6.07, 6.45) is 2.26. The van der Waals surface area contributed by atoms with Gasteiger partial charge in [0.25, 0.3) is 10.0 Å². The Kier molecular flexibility index (Phi) is 4.11. The van der Waals surface area contributed by atoms with Crippen LogP contribution in [-0.4, -0.2) is 30.4 Å². The first-order valence-corrected chi connectivity index (χ1v) is 8.47. The molecule has 0 spiro atoms. The van der Waals surface area contributed by atoms with Crippen molar-refractivity contribution in [1.82, 2.24) is 4.31 Å². The quantitative estimate of drug-likeness (QED) is 0.872. The molecule has 1 aromatic heterocycles. The van der Waals surface area contributed by atoms with E-state index in [0.29, 0.717) is 22.2 Å². The molecule has 6 heteroatoms. The maximum atomic E-state index is 12.5. The van der Waals surface area contributed by atoms with E-state index in [1.165, 1.54) is 11.3 Å². The lowest BCUT2D eigenvalue weighted by atomic mass is 10.3. The monoisotopic (exact) mass is 289 g/mol. The molecule has 0 saturated heterocycles. The number of nitrogens with zero attached hydrogens (tertiary/aromatic N) is 1. The van der Waals surface area contributed by atoms with Crippen molar-refractivity contribution in [3.05, 3.63) is 17.0 Å². The minimum atomic E-state index is -3.40. The molecule has 1 aliphatic rings. The summed E-state index contributed by atoms with van der Waals surface area (Å²) in [5.41, 5.74) is 0.661. The van der Waals surface area contributed by atoms with E-state index in [0.717, 1.165) is 12.8 Å². The van der Waals surface area contributed by atoms with Crippen LogP contribution >= 0.6 is 11.3 Å². The summed E-state index contributed by atoms with van der Waals surface area (Å²) in [5.74, 6) is 0.527. The normalized spacial score (nSPS) is 16.7. The Labute approximate surface area is 112 Å². The predicted octanol–water partition coefficient (Wildman–Crippen LogP) is 2.05. The van der Waals surface area contributed by atoms with Crippen molar-refractivity contribution in [2.75, 3.05) is 6.54 Å². The number of thiophene rings is 1. The first-order valence-electron chi connectivity index (χ1n) is 6.15. The fraction of sp³-hybridized carbons (Fsp3) is 0.667. The lowest BCUT2D eigenvalue weighted by Crippen LogP contribution is -2.38. The van der Waals surface area contributed by atoms with Crippen molar-refractivity contribution < 1.29 is 13.5 Å². The van der Waals surface area contributed by atoms with Gasteiger partial charge in [0.2, 0.25) is 0 Å². The van der Waals surface area contributed by atoms with Crippen LogP contribution in [0.5, 0.6) is 0 Å². The molecule has 0 bridgehead atoms. The third-order valence-electron chi connectivity index (χ3n) is 3.09. The van der Waals surface area contributed by atoms with Gasteiger partial charge < -0.3 is 5.11 Å². The highest BCUT2D eigenvalue weighted by molar-refractivity contribution is 7.91.